The third-order valence-electron chi connectivity index (χ3n) is 3.89. The summed E-state index contributed by atoms with van der Waals surface area (Å²) in [6, 6.07) is 6.08. The molecule has 176 valence electrons. The van der Waals surface area contributed by atoms with Gasteiger partial charge in [-0.15, -0.1) is 0 Å². The summed E-state index contributed by atoms with van der Waals surface area (Å²) in [5.74, 6) is -0.613. The summed E-state index contributed by atoms with van der Waals surface area (Å²) in [6.07, 6.45) is -3.22. The number of benzene rings is 1. The van der Waals surface area contributed by atoms with Crippen LogP contribution in [0.3, 0.4) is 0 Å². The summed E-state index contributed by atoms with van der Waals surface area (Å²) < 4.78 is 47.2. The molecule has 9 nitrogen and oxygen atoms in total. The number of hydrogen-bond acceptors (Lipinski definition) is 7. The molecule has 0 fully saturated rings. The van der Waals surface area contributed by atoms with Crippen LogP contribution in [0, 0.1) is 0 Å². The first-order valence-corrected chi connectivity index (χ1v) is 9.95. The zero-order chi connectivity index (χ0) is 24.4. The van der Waals surface area contributed by atoms with E-state index < -0.39 is 29.3 Å². The maximum absolute atomic E-state index is 13.5. The maximum atomic E-state index is 13.5. The molecule has 0 saturated carbocycles. The molecule has 3 N–H and O–H groups in total. The van der Waals surface area contributed by atoms with Crippen molar-refractivity contribution in [2.75, 3.05) is 16.0 Å². The Morgan fingerprint density at radius 3 is 2.45 bits per heavy atom. The van der Waals surface area contributed by atoms with Crippen molar-refractivity contribution in [3.8, 4) is 0 Å². The lowest BCUT2D eigenvalue weighted by molar-refractivity contribution is -0.137. The number of alkyl halides is 3. The van der Waals surface area contributed by atoms with Crippen LogP contribution < -0.4 is 16.0 Å². The summed E-state index contributed by atoms with van der Waals surface area (Å²) in [7, 11) is 1.63. The number of carbonyl (C=O) groups is 1. The molecule has 33 heavy (non-hydrogen) atoms. The Bertz CT molecular complexity index is 1160. The number of nitrogens with zero attached hydrogens (tertiary/aromatic N) is 4. The van der Waals surface area contributed by atoms with Crippen molar-refractivity contribution in [3.63, 3.8) is 0 Å². The molecule has 2 aromatic heterocycles. The molecule has 1 aromatic carbocycles. The molecule has 13 heteroatoms. The van der Waals surface area contributed by atoms with Gasteiger partial charge in [0.2, 0.25) is 5.95 Å². The second-order valence-corrected chi connectivity index (χ2v) is 8.28. The maximum Gasteiger partial charge on any atom is 0.421 e. The number of hydrogen-bond donors (Lipinski definition) is 3. The van der Waals surface area contributed by atoms with Crippen molar-refractivity contribution >= 4 is 46.5 Å². The third kappa shape index (κ3) is 6.72. The van der Waals surface area contributed by atoms with Crippen LogP contribution in [0.25, 0.3) is 0 Å². The first-order valence-electron chi connectivity index (χ1n) is 9.58. The molecule has 1 amide bonds. The Labute approximate surface area is 192 Å². The number of amides is 1. The smallest absolute Gasteiger partial charge is 0.421 e. The number of aromatic nitrogens is 4. The minimum atomic E-state index is -4.71. The molecular formula is C20H21ClF3N7O2. The highest BCUT2D eigenvalue weighted by molar-refractivity contribution is 6.32. The summed E-state index contributed by atoms with van der Waals surface area (Å²) in [5.41, 5.74) is -0.886. The average Bonchev–Trinajstić information content (AvgIpc) is 2.96. The third-order valence-corrected chi connectivity index (χ3v) is 4.17. The van der Waals surface area contributed by atoms with E-state index in [0.717, 1.165) is 0 Å². The van der Waals surface area contributed by atoms with Gasteiger partial charge in [0.25, 0.3) is 0 Å². The second-order valence-electron chi connectivity index (χ2n) is 7.92. The van der Waals surface area contributed by atoms with E-state index >= 15 is 0 Å². The van der Waals surface area contributed by atoms with Gasteiger partial charge in [-0.3, -0.25) is 10.00 Å². The van der Waals surface area contributed by atoms with E-state index in [1.54, 1.807) is 40.0 Å². The molecule has 0 saturated heterocycles. The van der Waals surface area contributed by atoms with E-state index in [1.807, 2.05) is 0 Å². The van der Waals surface area contributed by atoms with Gasteiger partial charge in [-0.2, -0.15) is 23.3 Å². The minimum Gasteiger partial charge on any atom is -0.444 e. The fourth-order valence-electron chi connectivity index (χ4n) is 2.64. The standard InChI is InChI=1S/C20H21ClF3N7O2/c1-19(2,3)33-18(32)27-12-7-5-6-11(8-12)26-16-13(20(22,23)24)9-25-17(29-16)28-14-10-31(4)30-15(14)21/h5-10H,1-4H3,(H,27,32)(H2,25,26,28,29). The predicted molar refractivity (Wildman–Crippen MR) is 118 cm³/mol. The SMILES string of the molecule is Cn1cc(Nc2ncc(C(F)(F)F)c(Nc3cccc(NC(=O)OC(C)(C)C)c3)n2)c(Cl)n1. The number of carbonyl (C=O) groups excluding carboxylic acids is 1. The molecule has 0 unspecified atom stereocenters. The predicted octanol–water partition coefficient (Wildman–Crippen LogP) is 5.72. The van der Waals surface area contributed by atoms with Gasteiger partial charge in [0.05, 0.1) is 5.69 Å². The molecule has 0 aliphatic rings. The number of aryl methyl sites for hydroxylation is 1. The Kier molecular flexibility index (Phi) is 6.68. The van der Waals surface area contributed by atoms with Crippen LogP contribution in [-0.4, -0.2) is 31.4 Å². The van der Waals surface area contributed by atoms with Crippen molar-refractivity contribution in [1.29, 1.82) is 0 Å². The van der Waals surface area contributed by atoms with E-state index in [0.29, 0.717) is 17.6 Å². The molecule has 0 atom stereocenters. The van der Waals surface area contributed by atoms with Crippen LogP contribution in [0.4, 0.5) is 46.8 Å². The van der Waals surface area contributed by atoms with E-state index in [2.05, 4.69) is 31.0 Å². The van der Waals surface area contributed by atoms with Crippen molar-refractivity contribution in [2.24, 2.45) is 7.05 Å². The first-order chi connectivity index (χ1) is 15.3. The molecule has 0 bridgehead atoms. The Hall–Kier alpha value is -3.54. The quantitative estimate of drug-likeness (QED) is 0.426. The normalized spacial score (nSPS) is 11.8. The topological polar surface area (TPSA) is 106 Å². The zero-order valence-corrected chi connectivity index (χ0v) is 18.8. The van der Waals surface area contributed by atoms with Crippen LogP contribution in [0.5, 0.6) is 0 Å². The largest absolute Gasteiger partial charge is 0.444 e. The average molecular weight is 484 g/mol. The van der Waals surface area contributed by atoms with Gasteiger partial charge in [0.1, 0.15) is 17.0 Å². The van der Waals surface area contributed by atoms with Crippen LogP contribution in [0.1, 0.15) is 26.3 Å². The lowest BCUT2D eigenvalue weighted by Crippen LogP contribution is -2.27. The molecule has 0 aliphatic carbocycles. The van der Waals surface area contributed by atoms with Gasteiger partial charge in [0.15, 0.2) is 5.15 Å². The van der Waals surface area contributed by atoms with Gasteiger partial charge in [-0.1, -0.05) is 17.7 Å². The number of rotatable bonds is 5. The molecule has 2 heterocycles. The molecule has 3 rings (SSSR count). The second kappa shape index (κ2) is 9.14. The summed E-state index contributed by atoms with van der Waals surface area (Å²) >= 11 is 5.98. The molecular weight excluding hydrogens is 463 g/mol. The number of halogens is 4. The van der Waals surface area contributed by atoms with E-state index in [-0.39, 0.29) is 16.8 Å². The highest BCUT2D eigenvalue weighted by Crippen LogP contribution is 2.36. The highest BCUT2D eigenvalue weighted by Gasteiger charge is 2.35. The molecule has 0 aliphatic heterocycles. The first kappa shape index (κ1) is 24.1. The van der Waals surface area contributed by atoms with Gasteiger partial charge in [0, 0.05) is 30.8 Å². The monoisotopic (exact) mass is 483 g/mol. The fourth-order valence-corrected chi connectivity index (χ4v) is 2.86. The minimum absolute atomic E-state index is 0.108. The van der Waals surface area contributed by atoms with Crippen molar-refractivity contribution in [2.45, 2.75) is 32.5 Å². The fraction of sp³-hybridized carbons (Fsp3) is 0.300. The number of ether oxygens (including phenoxy) is 1. The Morgan fingerprint density at radius 1 is 1.15 bits per heavy atom. The van der Waals surface area contributed by atoms with Crippen LogP contribution in [0.2, 0.25) is 5.15 Å². The summed E-state index contributed by atoms with van der Waals surface area (Å²) in [6.45, 7) is 5.13. The Morgan fingerprint density at radius 2 is 1.85 bits per heavy atom. The lowest BCUT2D eigenvalue weighted by Gasteiger charge is -2.20. The Balaban J connectivity index is 1.87. The van der Waals surface area contributed by atoms with E-state index in [4.69, 9.17) is 16.3 Å². The van der Waals surface area contributed by atoms with Crippen molar-refractivity contribution in [3.05, 3.63) is 47.4 Å². The van der Waals surface area contributed by atoms with Gasteiger partial charge in [-0.25, -0.2) is 9.78 Å². The highest BCUT2D eigenvalue weighted by atomic mass is 35.5. The van der Waals surface area contributed by atoms with Gasteiger partial charge >= 0.3 is 12.3 Å². The van der Waals surface area contributed by atoms with Crippen molar-refractivity contribution < 1.29 is 22.7 Å². The molecule has 3 aromatic rings. The van der Waals surface area contributed by atoms with Gasteiger partial charge < -0.3 is 15.4 Å². The van der Waals surface area contributed by atoms with Gasteiger partial charge in [-0.05, 0) is 39.0 Å². The lowest BCUT2D eigenvalue weighted by atomic mass is 10.2. The number of anilines is 5. The van der Waals surface area contributed by atoms with Crippen LogP contribution in [0.15, 0.2) is 36.7 Å². The van der Waals surface area contributed by atoms with E-state index in [9.17, 15) is 18.0 Å². The summed E-state index contributed by atoms with van der Waals surface area (Å²) in [4.78, 5) is 19.7. The van der Waals surface area contributed by atoms with Crippen LogP contribution >= 0.6 is 11.6 Å². The molecule has 0 radical (unpaired) electrons. The molecule has 0 spiro atoms. The zero-order valence-electron chi connectivity index (χ0n) is 18.1. The van der Waals surface area contributed by atoms with Crippen LogP contribution in [-0.2, 0) is 18.0 Å². The van der Waals surface area contributed by atoms with Crippen molar-refractivity contribution in [1.82, 2.24) is 19.7 Å². The summed E-state index contributed by atoms with van der Waals surface area (Å²) in [5, 5.41) is 11.9. The van der Waals surface area contributed by atoms with E-state index in [1.165, 1.54) is 23.0 Å². The number of nitrogens with one attached hydrogen (secondary N) is 3.